The van der Waals surface area contributed by atoms with Crippen molar-refractivity contribution in [2.75, 3.05) is 20.3 Å². The molecular formula is C31H50O6. The molecule has 11 atom stereocenters. The summed E-state index contributed by atoms with van der Waals surface area (Å²) >= 11 is 0. The fourth-order valence-electron chi connectivity index (χ4n) is 11.0. The molecule has 0 radical (unpaired) electrons. The minimum Gasteiger partial charge on any atom is -0.396 e. The third kappa shape index (κ3) is 3.26. The van der Waals surface area contributed by atoms with Crippen LogP contribution in [0.1, 0.15) is 86.5 Å². The number of hydrogen-bond donors (Lipinski definition) is 4. The number of allylic oxidation sites excluding steroid dienone is 1. The Bertz CT molecular complexity index is 990. The van der Waals surface area contributed by atoms with Gasteiger partial charge in [-0.1, -0.05) is 53.2 Å². The number of aliphatic hydroxyl groups is 4. The first-order chi connectivity index (χ1) is 17.1. The number of Topliss-reactive ketones (excluding diaryl/α,β-unsaturated/α-hetero) is 1. The lowest BCUT2D eigenvalue weighted by atomic mass is 9.32. The number of carbonyl (C=O) groups excluding carboxylic acids is 1. The Morgan fingerprint density at radius 2 is 1.59 bits per heavy atom. The summed E-state index contributed by atoms with van der Waals surface area (Å²) in [6.45, 7) is 12.9. The van der Waals surface area contributed by atoms with Crippen LogP contribution in [-0.4, -0.2) is 64.8 Å². The number of methoxy groups -OCH3 is 1. The lowest BCUT2D eigenvalue weighted by molar-refractivity contribution is -0.243. The molecule has 0 spiro atoms. The van der Waals surface area contributed by atoms with E-state index < -0.39 is 23.0 Å². The van der Waals surface area contributed by atoms with E-state index in [1.54, 1.807) is 7.11 Å². The van der Waals surface area contributed by atoms with Gasteiger partial charge in [0.25, 0.3) is 0 Å². The van der Waals surface area contributed by atoms with Gasteiger partial charge in [-0.05, 0) is 72.0 Å². The molecule has 0 bridgehead atoms. The zero-order valence-corrected chi connectivity index (χ0v) is 24.0. The second kappa shape index (κ2) is 8.36. The van der Waals surface area contributed by atoms with Crippen LogP contribution in [0.5, 0.6) is 0 Å². The maximum absolute atomic E-state index is 13.1. The predicted molar refractivity (Wildman–Crippen MR) is 142 cm³/mol. The molecule has 0 aromatic rings. The molecule has 210 valence electrons. The molecule has 6 heteroatoms. The lowest BCUT2D eigenvalue weighted by Crippen LogP contribution is -2.71. The van der Waals surface area contributed by atoms with Crippen LogP contribution < -0.4 is 0 Å². The Kier molecular flexibility index (Phi) is 6.27. The molecule has 0 saturated heterocycles. The van der Waals surface area contributed by atoms with Gasteiger partial charge in [-0.3, -0.25) is 4.79 Å². The summed E-state index contributed by atoms with van der Waals surface area (Å²) in [7, 11) is 1.77. The highest BCUT2D eigenvalue weighted by molar-refractivity contribution is 5.86. The van der Waals surface area contributed by atoms with Gasteiger partial charge in [0.1, 0.15) is 5.78 Å². The molecule has 6 nitrogen and oxygen atoms in total. The highest BCUT2D eigenvalue weighted by Gasteiger charge is 2.73. The summed E-state index contributed by atoms with van der Waals surface area (Å²) in [6, 6.07) is 0. The fourth-order valence-corrected chi connectivity index (χ4v) is 11.0. The summed E-state index contributed by atoms with van der Waals surface area (Å²) in [5.41, 5.74) is -1.33. The monoisotopic (exact) mass is 518 g/mol. The van der Waals surface area contributed by atoms with Crippen molar-refractivity contribution < 1.29 is 30.0 Å². The topological polar surface area (TPSA) is 107 Å². The third-order valence-electron chi connectivity index (χ3n) is 13.3. The highest BCUT2D eigenvalue weighted by Crippen LogP contribution is 2.75. The maximum atomic E-state index is 13.1. The molecular weight excluding hydrogens is 468 g/mol. The fraction of sp³-hybridized carbons (Fsp3) is 0.903. The molecule has 5 rings (SSSR count). The first kappa shape index (κ1) is 27.8. The smallest absolute Gasteiger partial charge is 0.141 e. The van der Waals surface area contributed by atoms with Gasteiger partial charge in [-0.15, -0.1) is 0 Å². The normalized spacial score (nSPS) is 54.9. The number of hydrogen-bond acceptors (Lipinski definition) is 6. The molecule has 0 aliphatic heterocycles. The quantitative estimate of drug-likeness (QED) is 0.423. The van der Waals surface area contributed by atoms with E-state index in [9.17, 15) is 25.2 Å². The van der Waals surface area contributed by atoms with Crippen molar-refractivity contribution in [3.63, 3.8) is 0 Å². The number of rotatable bonds is 3. The van der Waals surface area contributed by atoms with E-state index in [4.69, 9.17) is 4.74 Å². The average Bonchev–Trinajstić information content (AvgIpc) is 2.81. The van der Waals surface area contributed by atoms with Gasteiger partial charge in [0, 0.05) is 19.4 Å². The molecule has 0 heterocycles. The van der Waals surface area contributed by atoms with E-state index in [0.717, 1.165) is 25.7 Å². The summed E-state index contributed by atoms with van der Waals surface area (Å²) in [5, 5.41) is 44.4. The maximum Gasteiger partial charge on any atom is 0.141 e. The van der Waals surface area contributed by atoms with Crippen LogP contribution in [0.4, 0.5) is 0 Å². The highest BCUT2D eigenvalue weighted by atomic mass is 16.5. The summed E-state index contributed by atoms with van der Waals surface area (Å²) in [4.78, 5) is 13.1. The minimum atomic E-state index is -0.962. The Hall–Kier alpha value is -0.790. The van der Waals surface area contributed by atoms with Crippen molar-refractivity contribution in [1.29, 1.82) is 0 Å². The van der Waals surface area contributed by atoms with E-state index in [2.05, 4.69) is 40.7 Å². The van der Waals surface area contributed by atoms with Crippen molar-refractivity contribution in [3.05, 3.63) is 11.6 Å². The molecule has 4 saturated carbocycles. The van der Waals surface area contributed by atoms with Crippen LogP contribution in [0.25, 0.3) is 0 Å². The Balaban J connectivity index is 1.70. The second-order valence-corrected chi connectivity index (χ2v) is 15.3. The molecule has 0 amide bonds. The summed E-state index contributed by atoms with van der Waals surface area (Å²) in [5.74, 6) is 0.224. The predicted octanol–water partition coefficient (Wildman–Crippen LogP) is 3.89. The lowest BCUT2D eigenvalue weighted by Gasteiger charge is -2.72. The number of aliphatic hydroxyl groups excluding tert-OH is 4. The van der Waals surface area contributed by atoms with Crippen molar-refractivity contribution in [3.8, 4) is 0 Å². The van der Waals surface area contributed by atoms with Crippen LogP contribution in [0, 0.1) is 50.2 Å². The molecule has 5 aliphatic carbocycles. The zero-order chi connectivity index (χ0) is 27.4. The average molecular weight is 519 g/mol. The van der Waals surface area contributed by atoms with Crippen LogP contribution >= 0.6 is 0 Å². The first-order valence-corrected chi connectivity index (χ1v) is 14.5. The first-order valence-electron chi connectivity index (χ1n) is 14.5. The van der Waals surface area contributed by atoms with Crippen molar-refractivity contribution in [2.24, 2.45) is 50.2 Å². The van der Waals surface area contributed by atoms with Crippen molar-refractivity contribution in [2.45, 2.75) is 105 Å². The van der Waals surface area contributed by atoms with Crippen LogP contribution in [-0.2, 0) is 9.53 Å². The van der Waals surface area contributed by atoms with Crippen LogP contribution in [0.15, 0.2) is 11.6 Å². The molecule has 5 aliphatic rings. The van der Waals surface area contributed by atoms with Gasteiger partial charge in [0.05, 0.1) is 42.4 Å². The van der Waals surface area contributed by atoms with E-state index in [1.807, 2.05) is 6.92 Å². The standard InChI is InChI=1S/C31H50O6/c1-26(2)13-19-18-12-20(37-7)25-27(3)10-9-22(34)28(4,16-32)21(27)8-11-29(25,5)30(18,6)15-24(36)31(19,17-33)23(35)14-26/h12,19-21,23-25,32-33,35-36H,8-11,13-17H2,1-7H3/t19-,20+,21+,23-,24-,25+,27-,28-,29+,30+,31+/m0/s1. The Morgan fingerprint density at radius 1 is 0.946 bits per heavy atom. The van der Waals surface area contributed by atoms with E-state index in [-0.39, 0.29) is 64.5 Å². The van der Waals surface area contributed by atoms with Gasteiger partial charge < -0.3 is 25.2 Å². The van der Waals surface area contributed by atoms with Gasteiger partial charge >= 0.3 is 0 Å². The Labute approximate surface area is 222 Å². The van der Waals surface area contributed by atoms with Gasteiger partial charge in [-0.2, -0.15) is 0 Å². The number of fused-ring (bicyclic) bond motifs is 7. The number of ether oxygens (including phenoxy) is 1. The molecule has 4 N–H and O–H groups in total. The van der Waals surface area contributed by atoms with Crippen LogP contribution in [0.2, 0.25) is 0 Å². The molecule has 0 aromatic heterocycles. The van der Waals surface area contributed by atoms with E-state index in [1.165, 1.54) is 5.57 Å². The largest absolute Gasteiger partial charge is 0.396 e. The molecule has 0 unspecified atom stereocenters. The van der Waals surface area contributed by atoms with Gasteiger partial charge in [-0.25, -0.2) is 0 Å². The minimum absolute atomic E-state index is 0.0704. The van der Waals surface area contributed by atoms with Gasteiger partial charge in [0.2, 0.25) is 0 Å². The van der Waals surface area contributed by atoms with E-state index in [0.29, 0.717) is 19.3 Å². The van der Waals surface area contributed by atoms with Crippen molar-refractivity contribution in [1.82, 2.24) is 0 Å². The summed E-state index contributed by atoms with van der Waals surface area (Å²) in [6.07, 6.45) is 5.38. The Morgan fingerprint density at radius 3 is 2.19 bits per heavy atom. The third-order valence-corrected chi connectivity index (χ3v) is 13.3. The summed E-state index contributed by atoms with van der Waals surface area (Å²) < 4.78 is 6.30. The molecule has 37 heavy (non-hydrogen) atoms. The SMILES string of the molecule is CO[C@@H]1C=C2[C@@H]3CC(C)(C)C[C@H](O)[C@]3(CO)[C@@H](O)C[C@@]2(C)[C@]2(C)CC[C@@H]3[C@](C)(CCC(=O)[C@@]3(C)CO)[C@@H]12. The number of ketones is 1. The van der Waals surface area contributed by atoms with E-state index >= 15 is 0 Å². The van der Waals surface area contributed by atoms with Crippen molar-refractivity contribution >= 4 is 5.78 Å². The van der Waals surface area contributed by atoms with Crippen LogP contribution in [0.3, 0.4) is 0 Å². The second-order valence-electron chi connectivity index (χ2n) is 15.3. The number of carbonyl (C=O) groups is 1. The zero-order valence-electron chi connectivity index (χ0n) is 24.0. The molecule has 0 aromatic carbocycles. The van der Waals surface area contributed by atoms with Gasteiger partial charge in [0.15, 0.2) is 0 Å². The molecule has 4 fully saturated rings.